The fourth-order valence-electron chi connectivity index (χ4n) is 1.87. The van der Waals surface area contributed by atoms with Crippen molar-refractivity contribution in [3.05, 3.63) is 28.8 Å². The summed E-state index contributed by atoms with van der Waals surface area (Å²) in [6.45, 7) is 0. The van der Waals surface area contributed by atoms with Gasteiger partial charge < -0.3 is 10.1 Å². The zero-order chi connectivity index (χ0) is 10.2. The van der Waals surface area contributed by atoms with Gasteiger partial charge in [0.2, 0.25) is 0 Å². The van der Waals surface area contributed by atoms with Gasteiger partial charge in [-0.15, -0.1) is 0 Å². The van der Waals surface area contributed by atoms with Gasteiger partial charge in [-0.05, 0) is 26.0 Å². The molecule has 1 N–H and O–H groups in total. The molecule has 76 valence electrons. The third-order valence-corrected chi connectivity index (χ3v) is 3.21. The van der Waals surface area contributed by atoms with E-state index >= 15 is 0 Å². The molecular weight excluding hydrogens is 198 g/mol. The average molecular weight is 212 g/mol. The van der Waals surface area contributed by atoms with Crippen molar-refractivity contribution in [2.24, 2.45) is 0 Å². The number of para-hydroxylation sites is 1. The molecule has 3 heteroatoms. The molecule has 0 atom stereocenters. The van der Waals surface area contributed by atoms with Gasteiger partial charge in [0, 0.05) is 11.1 Å². The van der Waals surface area contributed by atoms with Crippen molar-refractivity contribution in [1.82, 2.24) is 5.32 Å². The predicted molar refractivity (Wildman–Crippen MR) is 58.0 cm³/mol. The second-order valence-corrected chi connectivity index (χ2v) is 4.06. The number of hydrogen-bond acceptors (Lipinski definition) is 2. The van der Waals surface area contributed by atoms with Crippen molar-refractivity contribution in [3.63, 3.8) is 0 Å². The standard InChI is InChI=1S/C11H14ClNO/c1-13-11(6-7-11)8-4-3-5-9(12)10(8)14-2/h3-5,13H,6-7H2,1-2H3. The maximum absolute atomic E-state index is 6.07. The number of halogens is 1. The third kappa shape index (κ3) is 1.39. The molecular formula is C11H14ClNO. The van der Waals surface area contributed by atoms with Crippen molar-refractivity contribution in [2.75, 3.05) is 14.2 Å². The highest BCUT2D eigenvalue weighted by atomic mass is 35.5. The van der Waals surface area contributed by atoms with Crippen LogP contribution in [0.3, 0.4) is 0 Å². The Balaban J connectivity index is 2.47. The number of hydrogen-bond donors (Lipinski definition) is 1. The molecule has 0 bridgehead atoms. The summed E-state index contributed by atoms with van der Waals surface area (Å²) >= 11 is 6.07. The molecule has 0 unspecified atom stereocenters. The number of nitrogens with one attached hydrogen (secondary N) is 1. The monoisotopic (exact) mass is 211 g/mol. The first-order chi connectivity index (χ1) is 6.73. The Morgan fingerprint density at radius 2 is 2.14 bits per heavy atom. The van der Waals surface area contributed by atoms with Crippen LogP contribution in [0.5, 0.6) is 5.75 Å². The predicted octanol–water partition coefficient (Wildman–Crippen LogP) is 2.56. The fraction of sp³-hybridized carbons (Fsp3) is 0.455. The lowest BCUT2D eigenvalue weighted by Gasteiger charge is -2.18. The van der Waals surface area contributed by atoms with E-state index in [1.807, 2.05) is 19.2 Å². The molecule has 0 saturated heterocycles. The Bertz CT molecular complexity index is 347. The highest BCUT2D eigenvalue weighted by Crippen LogP contribution is 2.49. The van der Waals surface area contributed by atoms with Gasteiger partial charge in [-0.2, -0.15) is 0 Å². The quantitative estimate of drug-likeness (QED) is 0.830. The van der Waals surface area contributed by atoms with E-state index < -0.39 is 0 Å². The summed E-state index contributed by atoms with van der Waals surface area (Å²) in [6.07, 6.45) is 2.31. The lowest BCUT2D eigenvalue weighted by Crippen LogP contribution is -2.25. The first-order valence-corrected chi connectivity index (χ1v) is 5.13. The van der Waals surface area contributed by atoms with Crippen molar-refractivity contribution in [2.45, 2.75) is 18.4 Å². The van der Waals surface area contributed by atoms with Crippen LogP contribution in [0.2, 0.25) is 5.02 Å². The van der Waals surface area contributed by atoms with E-state index in [-0.39, 0.29) is 5.54 Å². The molecule has 0 radical (unpaired) electrons. The summed E-state index contributed by atoms with van der Waals surface area (Å²) in [5.74, 6) is 0.806. The summed E-state index contributed by atoms with van der Waals surface area (Å²) in [6, 6.07) is 5.90. The number of benzene rings is 1. The van der Waals surface area contributed by atoms with Crippen molar-refractivity contribution >= 4 is 11.6 Å². The molecule has 0 amide bonds. The molecule has 0 aromatic heterocycles. The highest BCUT2D eigenvalue weighted by Gasteiger charge is 2.44. The molecule has 1 aromatic carbocycles. The molecule has 14 heavy (non-hydrogen) atoms. The maximum atomic E-state index is 6.07. The molecule has 1 fully saturated rings. The number of rotatable bonds is 3. The SMILES string of the molecule is CNC1(c2cccc(Cl)c2OC)CC1. The zero-order valence-corrected chi connectivity index (χ0v) is 9.19. The van der Waals surface area contributed by atoms with Gasteiger partial charge in [0.1, 0.15) is 5.75 Å². The van der Waals surface area contributed by atoms with E-state index in [1.54, 1.807) is 7.11 Å². The molecule has 2 nitrogen and oxygen atoms in total. The van der Waals surface area contributed by atoms with E-state index in [1.165, 1.54) is 5.56 Å². The average Bonchev–Trinajstić information content (AvgIpc) is 2.98. The van der Waals surface area contributed by atoms with Crippen molar-refractivity contribution in [3.8, 4) is 5.75 Å². The van der Waals surface area contributed by atoms with Gasteiger partial charge in [0.15, 0.2) is 0 Å². The largest absolute Gasteiger partial charge is 0.495 e. The second-order valence-electron chi connectivity index (χ2n) is 3.65. The Morgan fingerprint density at radius 3 is 2.64 bits per heavy atom. The van der Waals surface area contributed by atoms with Crippen LogP contribution < -0.4 is 10.1 Å². The summed E-state index contributed by atoms with van der Waals surface area (Å²) in [4.78, 5) is 0. The van der Waals surface area contributed by atoms with E-state index in [4.69, 9.17) is 16.3 Å². The second kappa shape index (κ2) is 3.44. The third-order valence-electron chi connectivity index (χ3n) is 2.92. The smallest absolute Gasteiger partial charge is 0.142 e. The Kier molecular flexibility index (Phi) is 2.41. The summed E-state index contributed by atoms with van der Waals surface area (Å²) in [5, 5.41) is 4.02. The molecule has 1 aliphatic carbocycles. The summed E-state index contributed by atoms with van der Waals surface area (Å²) in [5.41, 5.74) is 1.28. The van der Waals surface area contributed by atoms with Crippen LogP contribution in [0.15, 0.2) is 18.2 Å². The molecule has 1 aliphatic rings. The molecule has 0 heterocycles. The van der Waals surface area contributed by atoms with E-state index in [0.717, 1.165) is 18.6 Å². The van der Waals surface area contributed by atoms with Crippen LogP contribution in [0, 0.1) is 0 Å². The van der Waals surface area contributed by atoms with Gasteiger partial charge >= 0.3 is 0 Å². The summed E-state index contributed by atoms with van der Waals surface area (Å²) in [7, 11) is 3.64. The van der Waals surface area contributed by atoms with Gasteiger partial charge in [0.05, 0.1) is 12.1 Å². The van der Waals surface area contributed by atoms with E-state index in [2.05, 4.69) is 11.4 Å². The minimum atomic E-state index is 0.107. The Morgan fingerprint density at radius 1 is 1.43 bits per heavy atom. The van der Waals surface area contributed by atoms with Gasteiger partial charge in [-0.25, -0.2) is 0 Å². The first kappa shape index (κ1) is 9.81. The Hall–Kier alpha value is -0.730. The topological polar surface area (TPSA) is 21.3 Å². The molecule has 1 saturated carbocycles. The molecule has 1 aromatic rings. The van der Waals surface area contributed by atoms with Crippen molar-refractivity contribution in [1.29, 1.82) is 0 Å². The van der Waals surface area contributed by atoms with Gasteiger partial charge in [-0.3, -0.25) is 0 Å². The van der Waals surface area contributed by atoms with Crippen molar-refractivity contribution < 1.29 is 4.74 Å². The molecule has 0 spiro atoms. The Labute approximate surface area is 89.2 Å². The van der Waals surface area contributed by atoms with Crippen LogP contribution >= 0.6 is 11.6 Å². The highest BCUT2D eigenvalue weighted by molar-refractivity contribution is 6.32. The zero-order valence-electron chi connectivity index (χ0n) is 8.43. The van der Waals surface area contributed by atoms with Crippen LogP contribution in [-0.4, -0.2) is 14.2 Å². The van der Waals surface area contributed by atoms with Crippen LogP contribution in [0.4, 0.5) is 0 Å². The number of methoxy groups -OCH3 is 1. The molecule has 0 aliphatic heterocycles. The van der Waals surface area contributed by atoms with E-state index in [9.17, 15) is 0 Å². The molecule has 2 rings (SSSR count). The van der Waals surface area contributed by atoms with Crippen LogP contribution in [-0.2, 0) is 5.54 Å². The summed E-state index contributed by atoms with van der Waals surface area (Å²) < 4.78 is 5.33. The minimum Gasteiger partial charge on any atom is -0.495 e. The van der Waals surface area contributed by atoms with E-state index in [0.29, 0.717) is 5.02 Å². The van der Waals surface area contributed by atoms with Gasteiger partial charge in [0.25, 0.3) is 0 Å². The maximum Gasteiger partial charge on any atom is 0.142 e. The van der Waals surface area contributed by atoms with Crippen LogP contribution in [0.25, 0.3) is 0 Å². The number of ether oxygens (including phenoxy) is 1. The fourth-order valence-corrected chi connectivity index (χ4v) is 2.12. The first-order valence-electron chi connectivity index (χ1n) is 4.75. The minimum absolute atomic E-state index is 0.107. The lowest BCUT2D eigenvalue weighted by atomic mass is 10.0. The van der Waals surface area contributed by atoms with Gasteiger partial charge in [-0.1, -0.05) is 23.7 Å². The lowest BCUT2D eigenvalue weighted by molar-refractivity contribution is 0.399. The van der Waals surface area contributed by atoms with Crippen LogP contribution in [0.1, 0.15) is 18.4 Å². The normalized spacial score (nSPS) is 17.9.